The number of hydrogen-bond acceptors (Lipinski definition) is 2. The van der Waals surface area contributed by atoms with Crippen LogP contribution in [-0.4, -0.2) is 35.8 Å². The molecule has 0 aromatic carbocycles. The second kappa shape index (κ2) is 2.87. The third kappa shape index (κ3) is 1.22. The van der Waals surface area contributed by atoms with Gasteiger partial charge < -0.3 is 10.2 Å². The highest BCUT2D eigenvalue weighted by molar-refractivity contribution is 5.97. The van der Waals surface area contributed by atoms with Crippen LogP contribution in [0.4, 0.5) is 0 Å². The Bertz CT molecular complexity index is 285. The lowest BCUT2D eigenvalue weighted by atomic mass is 9.99. The van der Waals surface area contributed by atoms with Gasteiger partial charge in [-0.1, -0.05) is 12.2 Å². The van der Waals surface area contributed by atoms with Crippen molar-refractivity contribution in [2.45, 2.75) is 24.9 Å². The molecule has 0 saturated carbocycles. The van der Waals surface area contributed by atoms with Crippen molar-refractivity contribution in [2.75, 3.05) is 7.05 Å². The fourth-order valence-corrected chi connectivity index (χ4v) is 1.79. The lowest BCUT2D eigenvalue weighted by molar-refractivity contribution is -0.147. The molecule has 3 aliphatic rings. The molecule has 2 amide bonds. The summed E-state index contributed by atoms with van der Waals surface area (Å²) in [6.07, 6.45) is 5.17. The second-order valence-corrected chi connectivity index (χ2v) is 3.47. The van der Waals surface area contributed by atoms with Gasteiger partial charge in [0.2, 0.25) is 11.8 Å². The van der Waals surface area contributed by atoms with Crippen molar-refractivity contribution in [3.05, 3.63) is 12.2 Å². The molecule has 13 heavy (non-hydrogen) atoms. The molecule has 1 fully saturated rings. The van der Waals surface area contributed by atoms with E-state index in [0.717, 1.165) is 0 Å². The SMILES string of the molecule is CN1C(=O)[C@H]2CC=CC[C@@H]1C(=O)N2. The van der Waals surface area contributed by atoms with E-state index in [-0.39, 0.29) is 23.9 Å². The Morgan fingerprint density at radius 3 is 2.85 bits per heavy atom. The number of hydrogen-bond donors (Lipinski definition) is 1. The average molecular weight is 180 g/mol. The third-order valence-electron chi connectivity index (χ3n) is 2.63. The van der Waals surface area contributed by atoms with Gasteiger partial charge in [-0.2, -0.15) is 0 Å². The van der Waals surface area contributed by atoms with E-state index in [1.165, 1.54) is 0 Å². The van der Waals surface area contributed by atoms with E-state index in [1.54, 1.807) is 11.9 Å². The van der Waals surface area contributed by atoms with Crippen molar-refractivity contribution >= 4 is 11.8 Å². The first kappa shape index (κ1) is 8.29. The van der Waals surface area contributed by atoms with Crippen molar-refractivity contribution in [2.24, 2.45) is 0 Å². The van der Waals surface area contributed by atoms with Gasteiger partial charge in [0.25, 0.3) is 0 Å². The summed E-state index contributed by atoms with van der Waals surface area (Å²) < 4.78 is 0. The molecule has 1 N–H and O–H groups in total. The molecule has 2 atom stereocenters. The van der Waals surface area contributed by atoms with E-state index in [1.807, 2.05) is 12.2 Å². The molecule has 0 aromatic heterocycles. The van der Waals surface area contributed by atoms with Crippen LogP contribution < -0.4 is 5.32 Å². The number of nitrogens with zero attached hydrogens (tertiary/aromatic N) is 1. The maximum atomic E-state index is 11.6. The number of likely N-dealkylation sites (N-methyl/N-ethyl adjacent to an activating group) is 1. The Hall–Kier alpha value is -1.32. The largest absolute Gasteiger partial charge is 0.342 e. The average Bonchev–Trinajstić information content (AvgIpc) is 2.07. The zero-order chi connectivity index (χ0) is 9.42. The summed E-state index contributed by atoms with van der Waals surface area (Å²) in [5.74, 6) is -0.00889. The minimum Gasteiger partial charge on any atom is -0.342 e. The molecule has 3 aliphatic heterocycles. The molecule has 3 rings (SSSR count). The van der Waals surface area contributed by atoms with E-state index < -0.39 is 0 Å². The number of amides is 2. The normalized spacial score (nSPS) is 32.8. The lowest BCUT2D eigenvalue weighted by Gasteiger charge is -2.37. The van der Waals surface area contributed by atoms with Crippen LogP contribution >= 0.6 is 0 Å². The standard InChI is InChI=1S/C9H12N2O2/c1-11-7-5-3-2-4-6(9(11)13)10-8(7)12/h2-3,6-7H,4-5H2,1H3,(H,10,12)/t6-,7-/m1/s1. The van der Waals surface area contributed by atoms with Crippen LogP contribution in [0.25, 0.3) is 0 Å². The predicted molar refractivity (Wildman–Crippen MR) is 46.9 cm³/mol. The molecule has 3 heterocycles. The number of carbonyl (C=O) groups is 2. The zero-order valence-electron chi connectivity index (χ0n) is 7.49. The highest BCUT2D eigenvalue weighted by Crippen LogP contribution is 2.16. The molecular weight excluding hydrogens is 168 g/mol. The predicted octanol–water partition coefficient (Wildman–Crippen LogP) is -0.338. The fourth-order valence-electron chi connectivity index (χ4n) is 1.79. The quantitative estimate of drug-likeness (QED) is 0.518. The minimum atomic E-state index is -0.342. The van der Waals surface area contributed by atoms with Gasteiger partial charge in [0.1, 0.15) is 12.1 Å². The monoisotopic (exact) mass is 180 g/mol. The minimum absolute atomic E-state index is 0.0222. The topological polar surface area (TPSA) is 49.4 Å². The maximum absolute atomic E-state index is 11.6. The van der Waals surface area contributed by atoms with Gasteiger partial charge in [0.15, 0.2) is 0 Å². The summed E-state index contributed by atoms with van der Waals surface area (Å²) in [4.78, 5) is 24.6. The highest BCUT2D eigenvalue weighted by Gasteiger charge is 2.37. The molecule has 2 bridgehead atoms. The molecule has 0 spiro atoms. The highest BCUT2D eigenvalue weighted by atomic mass is 16.2. The van der Waals surface area contributed by atoms with Gasteiger partial charge >= 0.3 is 0 Å². The van der Waals surface area contributed by atoms with Gasteiger partial charge in [-0.15, -0.1) is 0 Å². The van der Waals surface area contributed by atoms with Gasteiger partial charge in [-0.3, -0.25) is 9.59 Å². The van der Waals surface area contributed by atoms with Crippen molar-refractivity contribution in [1.29, 1.82) is 0 Å². The Balaban J connectivity index is 2.34. The lowest BCUT2D eigenvalue weighted by Crippen LogP contribution is -2.62. The molecule has 0 unspecified atom stereocenters. The first-order valence-electron chi connectivity index (χ1n) is 4.42. The molecule has 4 heteroatoms. The summed E-state index contributed by atoms with van der Waals surface area (Å²) in [5, 5.41) is 2.72. The van der Waals surface area contributed by atoms with Crippen LogP contribution in [0, 0.1) is 0 Å². The molecule has 1 saturated heterocycles. The van der Waals surface area contributed by atoms with Crippen LogP contribution in [0.5, 0.6) is 0 Å². The Morgan fingerprint density at radius 2 is 2.08 bits per heavy atom. The number of rotatable bonds is 0. The summed E-state index contributed by atoms with van der Waals surface area (Å²) in [7, 11) is 1.69. The van der Waals surface area contributed by atoms with E-state index in [9.17, 15) is 9.59 Å². The summed E-state index contributed by atoms with van der Waals surface area (Å²) in [5.41, 5.74) is 0. The Kier molecular flexibility index (Phi) is 1.83. The van der Waals surface area contributed by atoms with Crippen molar-refractivity contribution < 1.29 is 9.59 Å². The van der Waals surface area contributed by atoms with Crippen LogP contribution in [0.2, 0.25) is 0 Å². The van der Waals surface area contributed by atoms with Gasteiger partial charge in [0.05, 0.1) is 0 Å². The van der Waals surface area contributed by atoms with Crippen LogP contribution in [-0.2, 0) is 9.59 Å². The fraction of sp³-hybridized carbons (Fsp3) is 0.556. The summed E-state index contributed by atoms with van der Waals surface area (Å²) in [6.45, 7) is 0. The molecule has 0 aliphatic carbocycles. The van der Waals surface area contributed by atoms with E-state index in [0.29, 0.717) is 12.8 Å². The van der Waals surface area contributed by atoms with Gasteiger partial charge in [-0.05, 0) is 12.8 Å². The summed E-state index contributed by atoms with van der Waals surface area (Å²) >= 11 is 0. The van der Waals surface area contributed by atoms with Gasteiger partial charge in [0, 0.05) is 7.05 Å². The molecule has 0 radical (unpaired) electrons. The van der Waals surface area contributed by atoms with E-state index >= 15 is 0 Å². The Morgan fingerprint density at radius 1 is 1.38 bits per heavy atom. The number of nitrogens with one attached hydrogen (secondary N) is 1. The van der Waals surface area contributed by atoms with Crippen LogP contribution in [0.1, 0.15) is 12.8 Å². The van der Waals surface area contributed by atoms with Crippen molar-refractivity contribution in [3.63, 3.8) is 0 Å². The third-order valence-corrected chi connectivity index (χ3v) is 2.63. The van der Waals surface area contributed by atoms with E-state index in [4.69, 9.17) is 0 Å². The molecular formula is C9H12N2O2. The van der Waals surface area contributed by atoms with E-state index in [2.05, 4.69) is 5.32 Å². The molecule has 0 aromatic rings. The van der Waals surface area contributed by atoms with Crippen LogP contribution in [0.15, 0.2) is 12.2 Å². The number of carbonyl (C=O) groups excluding carboxylic acids is 2. The summed E-state index contributed by atoms with van der Waals surface area (Å²) in [6, 6.07) is -0.648. The zero-order valence-corrected chi connectivity index (χ0v) is 7.49. The molecule has 4 nitrogen and oxygen atoms in total. The second-order valence-electron chi connectivity index (χ2n) is 3.47. The van der Waals surface area contributed by atoms with Crippen LogP contribution in [0.3, 0.4) is 0 Å². The smallest absolute Gasteiger partial charge is 0.245 e. The first-order valence-corrected chi connectivity index (χ1v) is 4.42. The Labute approximate surface area is 76.6 Å². The molecule has 70 valence electrons. The number of piperazine rings is 1. The van der Waals surface area contributed by atoms with Crippen molar-refractivity contribution in [3.8, 4) is 0 Å². The maximum Gasteiger partial charge on any atom is 0.245 e. The van der Waals surface area contributed by atoms with Gasteiger partial charge in [-0.25, -0.2) is 0 Å². The van der Waals surface area contributed by atoms with Crippen molar-refractivity contribution in [1.82, 2.24) is 10.2 Å². The first-order chi connectivity index (χ1) is 6.20. The number of fused-ring (bicyclic) bond motifs is 4.